The summed E-state index contributed by atoms with van der Waals surface area (Å²) in [6.45, 7) is 8.59. The van der Waals surface area contributed by atoms with Crippen LogP contribution in [0, 0.1) is 5.92 Å². The van der Waals surface area contributed by atoms with E-state index in [1.54, 1.807) is 45.2 Å². The second kappa shape index (κ2) is 19.0. The number of esters is 1. The lowest BCUT2D eigenvalue weighted by Gasteiger charge is -2.42. The number of likely N-dealkylation sites (N-methyl/N-ethyl adjacent to an activating group) is 1. The van der Waals surface area contributed by atoms with Gasteiger partial charge in [-0.15, -0.1) is 0 Å². The minimum atomic E-state index is -1.86. The first-order valence-corrected chi connectivity index (χ1v) is 19.5. The minimum Gasteiger partial charge on any atom is -0.495 e. The quantitative estimate of drug-likeness (QED) is 0.144. The first kappa shape index (κ1) is 45.5. The number of anilines is 1. The lowest BCUT2D eigenvalue weighted by molar-refractivity contribution is -0.162. The number of halogens is 1. The Morgan fingerprint density at radius 1 is 1.23 bits per heavy atom. The van der Waals surface area contributed by atoms with Gasteiger partial charge in [-0.1, -0.05) is 42.3 Å². The predicted molar refractivity (Wildman–Crippen MR) is 211 cm³/mol. The molecule has 9 atom stereocenters. The van der Waals surface area contributed by atoms with Crippen LogP contribution in [0.2, 0.25) is 5.02 Å². The highest BCUT2D eigenvalue weighted by Gasteiger charge is 2.64. The van der Waals surface area contributed by atoms with Crippen molar-refractivity contribution in [3.05, 3.63) is 46.5 Å². The largest absolute Gasteiger partial charge is 0.495 e. The zero-order valence-corrected chi connectivity index (χ0v) is 35.0. The van der Waals surface area contributed by atoms with Crippen molar-refractivity contribution in [1.82, 2.24) is 15.5 Å². The molecule has 0 radical (unpaired) electrons. The van der Waals surface area contributed by atoms with Crippen molar-refractivity contribution in [3.8, 4) is 5.75 Å². The molecule has 17 heteroatoms. The van der Waals surface area contributed by atoms with Crippen LogP contribution in [0.1, 0.15) is 72.3 Å². The number of methoxy groups -OCH3 is 2. The Morgan fingerprint density at radius 2 is 1.93 bits per heavy atom. The van der Waals surface area contributed by atoms with Gasteiger partial charge < -0.3 is 49.6 Å². The number of allylic oxidation sites excluding steroid dienone is 3. The molecule has 4 rings (SSSR count). The first-order valence-electron chi connectivity index (χ1n) is 19.1. The molecule has 316 valence electrons. The van der Waals surface area contributed by atoms with Crippen molar-refractivity contribution in [3.63, 3.8) is 0 Å². The van der Waals surface area contributed by atoms with Gasteiger partial charge in [0.05, 0.1) is 25.3 Å². The van der Waals surface area contributed by atoms with Crippen LogP contribution < -0.4 is 26.0 Å². The van der Waals surface area contributed by atoms with Crippen molar-refractivity contribution in [2.75, 3.05) is 39.8 Å². The molecule has 57 heavy (non-hydrogen) atoms. The Morgan fingerprint density at radius 3 is 2.56 bits per heavy atom. The van der Waals surface area contributed by atoms with Crippen LogP contribution in [-0.2, 0) is 44.5 Å². The zero-order chi connectivity index (χ0) is 42.4. The summed E-state index contributed by atoms with van der Waals surface area (Å²) in [6.07, 6.45) is 2.11. The molecule has 0 aromatic heterocycles. The van der Waals surface area contributed by atoms with Gasteiger partial charge in [0.15, 0.2) is 5.72 Å². The summed E-state index contributed by atoms with van der Waals surface area (Å²) >= 11 is 6.77. The molecule has 2 saturated heterocycles. The number of alkyl carbamates (subject to hydrolysis) is 1. The van der Waals surface area contributed by atoms with E-state index in [9.17, 15) is 29.1 Å². The van der Waals surface area contributed by atoms with E-state index in [1.807, 2.05) is 13.0 Å². The molecular formula is C40H58ClN5O11. The molecule has 3 aliphatic heterocycles. The summed E-state index contributed by atoms with van der Waals surface area (Å²) in [5.74, 6) is -2.42. The van der Waals surface area contributed by atoms with Gasteiger partial charge in [-0.05, 0) is 70.7 Å². The molecule has 0 spiro atoms. The van der Waals surface area contributed by atoms with Gasteiger partial charge in [0.2, 0.25) is 17.7 Å². The highest BCUT2D eigenvalue weighted by molar-refractivity contribution is 6.35. The number of aliphatic hydroxyl groups is 1. The number of carbonyl (C=O) groups is 5. The topological polar surface area (TPSA) is 212 Å². The number of carbonyl (C=O) groups excluding carboxylic acids is 5. The Labute approximate surface area is 339 Å². The van der Waals surface area contributed by atoms with E-state index in [0.29, 0.717) is 43.7 Å². The van der Waals surface area contributed by atoms with Crippen molar-refractivity contribution in [2.24, 2.45) is 11.7 Å². The van der Waals surface area contributed by atoms with Crippen molar-refractivity contribution in [2.45, 2.75) is 121 Å². The summed E-state index contributed by atoms with van der Waals surface area (Å²) < 4.78 is 29.3. The van der Waals surface area contributed by atoms with E-state index >= 15 is 0 Å². The SMILES string of the molecule is COc1cc2cc(c1Cl)N(C)C(=O)C[C@H](OC(=O)[C@@H](C)N(C)C(=O)[C@H](CCCCN)NC(C)=O)[C@]1(C)OC1[C@@H](C)C1C[C@@](O)(NC(=O)O1)[C@H](OC)/C=C/C=C(\C)C2. The maximum absolute atomic E-state index is 14.2. The van der Waals surface area contributed by atoms with Crippen LogP contribution in [0.25, 0.3) is 0 Å². The number of rotatable bonds is 11. The number of fused-ring (bicyclic) bond motifs is 5. The fourth-order valence-corrected chi connectivity index (χ4v) is 7.75. The summed E-state index contributed by atoms with van der Waals surface area (Å²) in [6, 6.07) is 1.51. The van der Waals surface area contributed by atoms with Gasteiger partial charge in [0.25, 0.3) is 0 Å². The maximum atomic E-state index is 14.2. The molecule has 2 unspecified atom stereocenters. The van der Waals surface area contributed by atoms with E-state index in [1.165, 1.54) is 44.9 Å². The van der Waals surface area contributed by atoms with E-state index < -0.39 is 83.5 Å². The number of nitrogens with two attached hydrogens (primary N) is 1. The molecule has 3 heterocycles. The van der Waals surface area contributed by atoms with Crippen molar-refractivity contribution < 1.29 is 52.8 Å². The Kier molecular flexibility index (Phi) is 15.2. The first-order chi connectivity index (χ1) is 26.8. The van der Waals surface area contributed by atoms with Crippen LogP contribution in [0.5, 0.6) is 5.75 Å². The van der Waals surface area contributed by atoms with Crippen molar-refractivity contribution >= 4 is 47.1 Å². The second-order valence-electron chi connectivity index (χ2n) is 15.4. The number of ether oxygens (including phenoxy) is 5. The summed E-state index contributed by atoms with van der Waals surface area (Å²) in [4.78, 5) is 69.2. The smallest absolute Gasteiger partial charge is 0.409 e. The lowest BCUT2D eigenvalue weighted by Crippen LogP contribution is -2.63. The number of nitrogens with one attached hydrogen (secondary N) is 2. The van der Waals surface area contributed by atoms with Gasteiger partial charge in [-0.25, -0.2) is 9.59 Å². The average molecular weight is 820 g/mol. The molecule has 4 bridgehead atoms. The van der Waals surface area contributed by atoms with Crippen LogP contribution in [0.3, 0.4) is 0 Å². The molecule has 1 aromatic carbocycles. The lowest BCUT2D eigenvalue weighted by atomic mass is 9.83. The number of hydrogen-bond donors (Lipinski definition) is 4. The van der Waals surface area contributed by atoms with Crippen LogP contribution in [-0.4, -0.2) is 122 Å². The normalized spacial score (nSPS) is 30.3. The van der Waals surface area contributed by atoms with Crippen LogP contribution >= 0.6 is 11.6 Å². The zero-order valence-electron chi connectivity index (χ0n) is 34.3. The van der Waals surface area contributed by atoms with Gasteiger partial charge in [-0.3, -0.25) is 19.7 Å². The van der Waals surface area contributed by atoms with E-state index in [2.05, 4.69) is 10.6 Å². The molecule has 0 saturated carbocycles. The predicted octanol–water partition coefficient (Wildman–Crippen LogP) is 3.15. The molecular weight excluding hydrogens is 762 g/mol. The molecule has 16 nitrogen and oxygen atoms in total. The van der Waals surface area contributed by atoms with Gasteiger partial charge in [0, 0.05) is 40.5 Å². The van der Waals surface area contributed by atoms with Crippen LogP contribution in [0.4, 0.5) is 10.5 Å². The maximum Gasteiger partial charge on any atom is 0.409 e. The Balaban J connectivity index is 1.73. The Hall–Kier alpha value is -4.22. The fourth-order valence-electron chi connectivity index (χ4n) is 7.43. The average Bonchev–Trinajstić information content (AvgIpc) is 3.85. The monoisotopic (exact) mass is 819 g/mol. The fraction of sp³-hybridized carbons (Fsp3) is 0.625. The van der Waals surface area contributed by atoms with E-state index in [-0.39, 0.29) is 17.9 Å². The van der Waals surface area contributed by atoms with Gasteiger partial charge in [0.1, 0.15) is 46.8 Å². The molecule has 0 aliphatic carbocycles. The number of hydrogen-bond acceptors (Lipinski definition) is 12. The van der Waals surface area contributed by atoms with Gasteiger partial charge >= 0.3 is 12.1 Å². The molecule has 5 N–H and O–H groups in total. The second-order valence-corrected chi connectivity index (χ2v) is 15.8. The van der Waals surface area contributed by atoms with Crippen molar-refractivity contribution in [1.29, 1.82) is 0 Å². The standard InChI is InChI=1S/C40H58ClN5O11/c1-22-13-12-15-31(54-9)40(52)21-30(55-38(51)44-40)23(2)35-39(5,57-35)32(20-33(48)46(7)28-18-26(17-22)19-29(53-8)34(28)41)56-37(50)24(3)45(6)36(49)27(43-25(4)47)14-10-11-16-42/h12-13,15,18-19,23-24,27,30-32,35,52H,10-11,14,16-17,20-21,42H2,1-9H3,(H,43,47)(H,44,51)/b15-12+,22-13+/t23-,24+,27-,30?,31+,32-,35?,39-,40-/m0/s1. The minimum absolute atomic E-state index is 0.0810. The summed E-state index contributed by atoms with van der Waals surface area (Å²) in [5.41, 5.74) is 4.55. The molecule has 3 aliphatic rings. The molecule has 1 aromatic rings. The summed E-state index contributed by atoms with van der Waals surface area (Å²) in [7, 11) is 5.88. The molecule has 4 amide bonds. The highest BCUT2D eigenvalue weighted by Crippen LogP contribution is 2.49. The summed E-state index contributed by atoms with van der Waals surface area (Å²) in [5, 5.41) is 17.1. The number of benzene rings is 1. The van der Waals surface area contributed by atoms with E-state index in [4.69, 9.17) is 41.0 Å². The molecule has 2 fully saturated rings. The Bertz CT molecular complexity index is 1740. The highest BCUT2D eigenvalue weighted by atomic mass is 35.5. The number of nitrogens with zero attached hydrogens (tertiary/aromatic N) is 2. The third-order valence-electron chi connectivity index (χ3n) is 11.1. The number of epoxide rings is 1. The van der Waals surface area contributed by atoms with Crippen LogP contribution in [0.15, 0.2) is 35.9 Å². The third kappa shape index (κ3) is 10.6. The van der Waals surface area contributed by atoms with E-state index in [0.717, 1.165) is 11.1 Å². The van der Waals surface area contributed by atoms with Gasteiger partial charge in [-0.2, -0.15) is 0 Å². The third-order valence-corrected chi connectivity index (χ3v) is 11.5. The number of unbranched alkanes of at least 4 members (excludes halogenated alkanes) is 1. The number of amides is 4.